The summed E-state index contributed by atoms with van der Waals surface area (Å²) in [7, 11) is 1.56. The van der Waals surface area contributed by atoms with Crippen LogP contribution in [0.15, 0.2) is 41.0 Å². The molecule has 0 aliphatic carbocycles. The molecule has 6 heteroatoms. The Morgan fingerprint density at radius 2 is 2.24 bits per heavy atom. The van der Waals surface area contributed by atoms with E-state index in [2.05, 4.69) is 5.32 Å². The molecule has 1 aromatic heterocycles. The van der Waals surface area contributed by atoms with Crippen LogP contribution in [0.5, 0.6) is 5.75 Å². The summed E-state index contributed by atoms with van der Waals surface area (Å²) in [4.78, 5) is 11.8. The van der Waals surface area contributed by atoms with Gasteiger partial charge in [-0.2, -0.15) is 0 Å². The van der Waals surface area contributed by atoms with E-state index >= 15 is 0 Å². The van der Waals surface area contributed by atoms with E-state index in [4.69, 9.17) is 19.6 Å². The van der Waals surface area contributed by atoms with Gasteiger partial charge in [-0.3, -0.25) is 4.79 Å². The van der Waals surface area contributed by atoms with Crippen LogP contribution in [0.4, 0.5) is 11.4 Å². The predicted octanol–water partition coefficient (Wildman–Crippen LogP) is 2.42. The lowest BCUT2D eigenvalue weighted by Gasteiger charge is -2.09. The Kier molecular flexibility index (Phi) is 5.22. The highest BCUT2D eigenvalue weighted by Gasteiger charge is 2.06. The summed E-state index contributed by atoms with van der Waals surface area (Å²) in [6.45, 7) is 0.660. The van der Waals surface area contributed by atoms with E-state index in [0.29, 0.717) is 30.3 Å². The normalized spacial score (nSPS) is 10.3. The van der Waals surface area contributed by atoms with E-state index in [1.807, 2.05) is 6.07 Å². The van der Waals surface area contributed by atoms with Crippen molar-refractivity contribution >= 4 is 17.3 Å². The zero-order valence-electron chi connectivity index (χ0n) is 11.8. The molecule has 0 unspecified atom stereocenters. The average molecular weight is 290 g/mol. The van der Waals surface area contributed by atoms with E-state index in [9.17, 15) is 4.79 Å². The minimum Gasteiger partial charge on any atom is -0.497 e. The summed E-state index contributed by atoms with van der Waals surface area (Å²) in [5.41, 5.74) is 6.85. The summed E-state index contributed by atoms with van der Waals surface area (Å²) in [5.74, 6) is 1.22. The fourth-order valence-corrected chi connectivity index (χ4v) is 1.73. The van der Waals surface area contributed by atoms with E-state index < -0.39 is 0 Å². The number of hydrogen-bond acceptors (Lipinski definition) is 5. The molecule has 0 saturated carbocycles. The molecule has 2 aromatic rings. The number of ether oxygens (including phenoxy) is 2. The second-order valence-corrected chi connectivity index (χ2v) is 4.38. The van der Waals surface area contributed by atoms with Crippen LogP contribution in [0.2, 0.25) is 0 Å². The van der Waals surface area contributed by atoms with Gasteiger partial charge < -0.3 is 24.9 Å². The van der Waals surface area contributed by atoms with Gasteiger partial charge in [-0.15, -0.1) is 0 Å². The lowest BCUT2D eigenvalue weighted by Crippen LogP contribution is -2.15. The van der Waals surface area contributed by atoms with Crippen molar-refractivity contribution in [3.63, 3.8) is 0 Å². The molecule has 0 spiro atoms. The number of hydrogen-bond donors (Lipinski definition) is 2. The SMILES string of the molecule is COc1ccc(NC(=O)CCOCc2ccco2)c(N)c1. The van der Waals surface area contributed by atoms with E-state index in [1.54, 1.807) is 37.6 Å². The molecule has 2 rings (SSSR count). The summed E-state index contributed by atoms with van der Waals surface area (Å²) in [6, 6.07) is 8.70. The standard InChI is InChI=1S/C15H18N2O4/c1-19-11-4-5-14(13(16)9-11)17-15(18)6-8-20-10-12-3-2-7-21-12/h2-5,7,9H,6,8,10,16H2,1H3,(H,17,18). The van der Waals surface area contributed by atoms with Gasteiger partial charge in [0.15, 0.2) is 0 Å². The van der Waals surface area contributed by atoms with Crippen LogP contribution in [-0.2, 0) is 16.1 Å². The number of anilines is 2. The number of carbonyl (C=O) groups is 1. The van der Waals surface area contributed by atoms with Crippen LogP contribution in [0.25, 0.3) is 0 Å². The zero-order valence-corrected chi connectivity index (χ0v) is 11.8. The third-order valence-corrected chi connectivity index (χ3v) is 2.83. The van der Waals surface area contributed by atoms with E-state index in [1.165, 1.54) is 0 Å². The molecule has 21 heavy (non-hydrogen) atoms. The number of amides is 1. The first-order chi connectivity index (χ1) is 10.2. The molecule has 0 saturated heterocycles. The Morgan fingerprint density at radius 3 is 2.90 bits per heavy atom. The quantitative estimate of drug-likeness (QED) is 0.604. The molecule has 6 nitrogen and oxygen atoms in total. The molecular weight excluding hydrogens is 272 g/mol. The average Bonchev–Trinajstić information content (AvgIpc) is 2.99. The van der Waals surface area contributed by atoms with Gasteiger partial charge in [0.25, 0.3) is 0 Å². The van der Waals surface area contributed by atoms with Crippen molar-refractivity contribution in [2.45, 2.75) is 13.0 Å². The van der Waals surface area contributed by atoms with Crippen molar-refractivity contribution in [1.29, 1.82) is 0 Å². The van der Waals surface area contributed by atoms with Gasteiger partial charge >= 0.3 is 0 Å². The molecule has 0 radical (unpaired) electrons. The Morgan fingerprint density at radius 1 is 1.38 bits per heavy atom. The molecule has 1 amide bonds. The van der Waals surface area contributed by atoms with Crippen LogP contribution in [-0.4, -0.2) is 19.6 Å². The van der Waals surface area contributed by atoms with Gasteiger partial charge in [0, 0.05) is 6.07 Å². The van der Waals surface area contributed by atoms with Gasteiger partial charge in [-0.25, -0.2) is 0 Å². The zero-order chi connectivity index (χ0) is 15.1. The van der Waals surface area contributed by atoms with Crippen molar-refractivity contribution < 1.29 is 18.7 Å². The predicted molar refractivity (Wildman–Crippen MR) is 79.0 cm³/mol. The first-order valence-electron chi connectivity index (χ1n) is 6.52. The number of benzene rings is 1. The van der Waals surface area contributed by atoms with E-state index in [0.717, 1.165) is 5.76 Å². The molecule has 0 fully saturated rings. The monoisotopic (exact) mass is 290 g/mol. The molecule has 0 aliphatic heterocycles. The van der Waals surface area contributed by atoms with Crippen molar-refractivity contribution in [1.82, 2.24) is 0 Å². The van der Waals surface area contributed by atoms with Crippen LogP contribution in [0, 0.1) is 0 Å². The van der Waals surface area contributed by atoms with Gasteiger partial charge in [0.05, 0.1) is 37.8 Å². The van der Waals surface area contributed by atoms with Crippen molar-refractivity contribution in [3.8, 4) is 5.75 Å². The summed E-state index contributed by atoms with van der Waals surface area (Å²) in [6.07, 6.45) is 1.82. The molecule has 0 atom stereocenters. The number of nitrogens with two attached hydrogens (primary N) is 1. The second kappa shape index (κ2) is 7.35. The lowest BCUT2D eigenvalue weighted by molar-refractivity contribution is -0.117. The minimum absolute atomic E-state index is 0.161. The highest BCUT2D eigenvalue weighted by atomic mass is 16.5. The van der Waals surface area contributed by atoms with Gasteiger partial charge in [-0.1, -0.05) is 0 Å². The topological polar surface area (TPSA) is 86.7 Å². The minimum atomic E-state index is -0.161. The van der Waals surface area contributed by atoms with Crippen LogP contribution in [0.1, 0.15) is 12.2 Å². The second-order valence-electron chi connectivity index (χ2n) is 4.38. The number of nitrogens with one attached hydrogen (secondary N) is 1. The Hall–Kier alpha value is -2.47. The number of carbonyl (C=O) groups excluding carboxylic acids is 1. The third-order valence-electron chi connectivity index (χ3n) is 2.83. The molecule has 112 valence electrons. The summed E-state index contributed by atoms with van der Waals surface area (Å²) < 4.78 is 15.5. The van der Waals surface area contributed by atoms with Gasteiger partial charge in [0.1, 0.15) is 18.1 Å². The Labute approximate surface area is 122 Å². The maximum Gasteiger partial charge on any atom is 0.226 e. The largest absolute Gasteiger partial charge is 0.497 e. The number of rotatable bonds is 7. The fourth-order valence-electron chi connectivity index (χ4n) is 1.73. The molecule has 1 heterocycles. The maximum absolute atomic E-state index is 11.8. The lowest BCUT2D eigenvalue weighted by atomic mass is 10.2. The Bertz CT molecular complexity index is 581. The fraction of sp³-hybridized carbons (Fsp3) is 0.267. The van der Waals surface area contributed by atoms with Crippen LogP contribution < -0.4 is 15.8 Å². The smallest absolute Gasteiger partial charge is 0.226 e. The number of methoxy groups -OCH3 is 1. The first kappa shape index (κ1) is 14.9. The highest BCUT2D eigenvalue weighted by molar-refractivity contribution is 5.94. The summed E-state index contributed by atoms with van der Waals surface area (Å²) >= 11 is 0. The van der Waals surface area contributed by atoms with Crippen molar-refractivity contribution in [2.75, 3.05) is 24.8 Å². The van der Waals surface area contributed by atoms with Gasteiger partial charge in [0.2, 0.25) is 5.91 Å². The molecule has 1 aromatic carbocycles. The molecule has 3 N–H and O–H groups in total. The van der Waals surface area contributed by atoms with E-state index in [-0.39, 0.29) is 12.3 Å². The van der Waals surface area contributed by atoms with Crippen molar-refractivity contribution in [2.24, 2.45) is 0 Å². The van der Waals surface area contributed by atoms with Crippen LogP contribution in [0.3, 0.4) is 0 Å². The summed E-state index contributed by atoms with van der Waals surface area (Å²) in [5, 5.41) is 2.73. The highest BCUT2D eigenvalue weighted by Crippen LogP contribution is 2.24. The number of furan rings is 1. The molecular formula is C15H18N2O4. The first-order valence-corrected chi connectivity index (χ1v) is 6.52. The maximum atomic E-state index is 11.8. The van der Waals surface area contributed by atoms with Crippen molar-refractivity contribution in [3.05, 3.63) is 42.4 Å². The van der Waals surface area contributed by atoms with Crippen LogP contribution >= 0.6 is 0 Å². The third kappa shape index (κ3) is 4.54. The number of nitrogen functional groups attached to an aromatic ring is 1. The molecule has 0 bridgehead atoms. The Balaban J connectivity index is 1.74. The molecule has 0 aliphatic rings. The van der Waals surface area contributed by atoms with Gasteiger partial charge in [-0.05, 0) is 24.3 Å².